The maximum absolute atomic E-state index is 10.4. The number of nitrogens with zero attached hydrogens (tertiary/aromatic N) is 1. The van der Waals surface area contributed by atoms with Crippen molar-refractivity contribution in [3.8, 4) is 0 Å². The van der Waals surface area contributed by atoms with Gasteiger partial charge in [0.1, 0.15) is 0 Å². The summed E-state index contributed by atoms with van der Waals surface area (Å²) in [6.45, 7) is 0. The van der Waals surface area contributed by atoms with Crippen LogP contribution in [0.15, 0.2) is 0 Å². The summed E-state index contributed by atoms with van der Waals surface area (Å²) >= 11 is 1.80. The zero-order chi connectivity index (χ0) is 12.1. The number of rotatable bonds is 3. The third-order valence-corrected chi connectivity index (χ3v) is 3.88. The average molecular weight is 499 g/mol. The van der Waals surface area contributed by atoms with E-state index in [0.717, 1.165) is 0 Å². The predicted molar refractivity (Wildman–Crippen MR) is 57.5 cm³/mol. The first kappa shape index (κ1) is 21.7. The fraction of sp³-hybridized carbons (Fsp3) is 0.667. The Balaban J connectivity index is -0.000000247. The zero-order valence-corrected chi connectivity index (χ0v) is 12.6. The second kappa shape index (κ2) is 9.46. The van der Waals surface area contributed by atoms with Gasteiger partial charge in [-0.2, -0.15) is 0 Å². The van der Waals surface area contributed by atoms with Crippen molar-refractivity contribution in [2.75, 3.05) is 0 Å². The zero-order valence-electron chi connectivity index (χ0n) is 8.70. The van der Waals surface area contributed by atoms with E-state index in [1.165, 1.54) is 0 Å². The molecule has 0 aromatic heterocycles. The first-order chi connectivity index (χ1) is 6.86. The van der Waals surface area contributed by atoms with Crippen molar-refractivity contribution in [3.05, 3.63) is 10.1 Å². The Morgan fingerprint density at radius 1 is 1.24 bits per heavy atom. The molecule has 1 aliphatic carbocycles. The van der Waals surface area contributed by atoms with Crippen LogP contribution in [0, 0.1) is 15.5 Å². The van der Waals surface area contributed by atoms with Gasteiger partial charge in [-0.1, -0.05) is 0 Å². The van der Waals surface area contributed by atoms with Gasteiger partial charge < -0.3 is 22.5 Å². The molecule has 1 aliphatic rings. The number of carboxylic acids is 2. The number of hydrogen-bond donors (Lipinski definition) is 4. The van der Waals surface area contributed by atoms with Gasteiger partial charge in [-0.3, -0.25) is 9.59 Å². The van der Waals surface area contributed by atoms with Crippen molar-refractivity contribution in [3.63, 3.8) is 0 Å². The Morgan fingerprint density at radius 2 is 1.53 bits per heavy atom. The van der Waals surface area contributed by atoms with Crippen LogP contribution < -0.4 is 12.3 Å². The number of hydrogen-bond acceptors (Lipinski definition) is 6. The summed E-state index contributed by atoms with van der Waals surface area (Å²) in [4.78, 5) is 29.9. The molecule has 0 radical (unpaired) electrons. The molecule has 0 saturated heterocycles. The molecule has 106 valence electrons. The third-order valence-electron chi connectivity index (χ3n) is 2.07. The van der Waals surface area contributed by atoms with E-state index in [4.69, 9.17) is 10.2 Å². The van der Waals surface area contributed by atoms with Gasteiger partial charge in [-0.15, -0.1) is 0 Å². The monoisotopic (exact) mass is 498 g/mol. The van der Waals surface area contributed by atoms with Crippen molar-refractivity contribution >= 4 is 25.2 Å². The molecular weight excluding hydrogens is 485 g/mol. The van der Waals surface area contributed by atoms with Crippen LogP contribution in [0.5, 0.6) is 0 Å². The maximum atomic E-state index is 10.4. The number of carboxylic acid groups (broad SMARTS) is 2. The molecule has 17 heavy (non-hydrogen) atoms. The van der Waals surface area contributed by atoms with Crippen molar-refractivity contribution in [2.45, 2.75) is 19.3 Å². The van der Waals surface area contributed by atoms with Crippen LogP contribution in [-0.4, -0.2) is 25.6 Å². The summed E-state index contributed by atoms with van der Waals surface area (Å²) in [5.74, 6) is -2.41. The van der Waals surface area contributed by atoms with Crippen LogP contribution in [0.3, 0.4) is 0 Å². The van der Waals surface area contributed by atoms with E-state index in [1.54, 1.807) is 0 Å². The SMILES string of the molecule is N.N.O=C(O)C1(C(=O)O)CCC1.O=[N+]([O-])[Pt][Br]. The van der Waals surface area contributed by atoms with E-state index in [0.29, 0.717) is 6.42 Å². The van der Waals surface area contributed by atoms with Gasteiger partial charge in [0, 0.05) is 0 Å². The normalized spacial score (nSPS) is 14.9. The molecule has 0 aromatic rings. The van der Waals surface area contributed by atoms with Crippen molar-refractivity contribution in [2.24, 2.45) is 5.41 Å². The summed E-state index contributed by atoms with van der Waals surface area (Å²) < 4.78 is -0.347. The Labute approximate surface area is 112 Å². The van der Waals surface area contributed by atoms with Crippen molar-refractivity contribution < 1.29 is 40.0 Å². The number of aliphatic carboxylic acids is 2. The minimum atomic E-state index is -1.44. The van der Waals surface area contributed by atoms with Gasteiger partial charge in [0.25, 0.3) is 0 Å². The Hall–Kier alpha value is -0.572. The molecular formula is C6H14BrN3O6Pt. The molecule has 0 amide bonds. The molecule has 1 fully saturated rings. The van der Waals surface area contributed by atoms with Gasteiger partial charge in [0.2, 0.25) is 0 Å². The molecule has 1 saturated carbocycles. The van der Waals surface area contributed by atoms with Crippen molar-refractivity contribution in [1.29, 1.82) is 0 Å². The molecule has 0 atom stereocenters. The third kappa shape index (κ3) is 6.06. The van der Waals surface area contributed by atoms with E-state index in [-0.39, 0.29) is 28.6 Å². The van der Waals surface area contributed by atoms with Gasteiger partial charge in [0.15, 0.2) is 5.41 Å². The van der Waals surface area contributed by atoms with Crippen LogP contribution >= 0.6 is 13.3 Å². The molecule has 0 heterocycles. The fourth-order valence-corrected chi connectivity index (χ4v) is 1.05. The van der Waals surface area contributed by atoms with Crippen LogP contribution in [0.2, 0.25) is 0 Å². The second-order valence-corrected chi connectivity index (χ2v) is 5.84. The molecule has 9 nitrogen and oxygen atoms in total. The molecule has 0 aromatic carbocycles. The first-order valence-corrected chi connectivity index (χ1v) is 9.67. The molecule has 1 rings (SSSR count). The van der Waals surface area contributed by atoms with Gasteiger partial charge in [0.05, 0.1) is 0 Å². The summed E-state index contributed by atoms with van der Waals surface area (Å²) in [5.41, 5.74) is -1.44. The molecule has 0 bridgehead atoms. The second-order valence-electron chi connectivity index (χ2n) is 2.79. The number of nitro groups is 1. The Bertz CT molecular complexity index is 269. The van der Waals surface area contributed by atoms with E-state index >= 15 is 0 Å². The Kier molecular flexibility index (Phi) is 12.1. The molecule has 0 spiro atoms. The van der Waals surface area contributed by atoms with Gasteiger partial charge >= 0.3 is 55.6 Å². The quantitative estimate of drug-likeness (QED) is 0.253. The first-order valence-electron chi connectivity index (χ1n) is 3.69. The summed E-state index contributed by atoms with van der Waals surface area (Å²) in [7, 11) is 0. The standard InChI is InChI=1S/C6H8O4.BrH.NO2.2H3N.Pt/c7-4(8)6(5(9)10)2-1-3-6;;2-1-3;;;/h1-3H2,(H,7,8)(H,9,10);1H;;2*1H3;/q;;;;;+1/p-1. The van der Waals surface area contributed by atoms with Crippen LogP contribution in [0.1, 0.15) is 19.3 Å². The molecule has 11 heteroatoms. The number of carbonyl (C=O) groups is 2. The number of halogens is 1. The molecule has 0 unspecified atom stereocenters. The summed E-state index contributed by atoms with van der Waals surface area (Å²) in [6, 6.07) is 0. The van der Waals surface area contributed by atoms with E-state index in [2.05, 4.69) is 13.3 Å². The van der Waals surface area contributed by atoms with Gasteiger partial charge in [-0.05, 0) is 19.3 Å². The van der Waals surface area contributed by atoms with Crippen LogP contribution in [0.4, 0.5) is 0 Å². The topological polar surface area (TPSA) is 188 Å². The van der Waals surface area contributed by atoms with E-state index in [1.807, 2.05) is 0 Å². The Morgan fingerprint density at radius 3 is 1.53 bits per heavy atom. The fourth-order valence-electron chi connectivity index (χ4n) is 1.05. The summed E-state index contributed by atoms with van der Waals surface area (Å²) in [6.07, 6.45) is 1.26. The van der Waals surface area contributed by atoms with Crippen LogP contribution in [0.25, 0.3) is 0 Å². The van der Waals surface area contributed by atoms with E-state index < -0.39 is 34.1 Å². The molecule has 8 N–H and O–H groups in total. The average Bonchev–Trinajstić information content (AvgIpc) is 2.01. The summed E-state index contributed by atoms with van der Waals surface area (Å²) in [5, 5.41) is 26.1. The van der Waals surface area contributed by atoms with Gasteiger partial charge in [-0.25, -0.2) is 0 Å². The predicted octanol–water partition coefficient (Wildman–Crippen LogP) is 1.22. The van der Waals surface area contributed by atoms with E-state index in [9.17, 15) is 19.7 Å². The van der Waals surface area contributed by atoms with Crippen LogP contribution in [-0.2, 0) is 26.3 Å². The molecule has 0 aliphatic heterocycles. The van der Waals surface area contributed by atoms with Crippen molar-refractivity contribution in [1.82, 2.24) is 12.3 Å². The minimum absolute atomic E-state index is 0.